The number of carbonyl (C=O) groups is 1. The number of rotatable bonds is 5. The minimum atomic E-state index is -0.309. The number of benzene rings is 1. The molecule has 1 atom stereocenters. The van der Waals surface area contributed by atoms with Crippen LogP contribution in [0.1, 0.15) is 42.1 Å². The number of hydrogen-bond donors (Lipinski definition) is 1. The molecule has 29 heavy (non-hydrogen) atoms. The van der Waals surface area contributed by atoms with Crippen LogP contribution in [0, 0.1) is 18.7 Å². The molecule has 1 aromatic carbocycles. The quantitative estimate of drug-likeness (QED) is 0.641. The largest absolute Gasteiger partial charge is 0.492 e. The number of nitrogens with zero attached hydrogens (tertiary/aromatic N) is 4. The van der Waals surface area contributed by atoms with E-state index < -0.39 is 0 Å². The van der Waals surface area contributed by atoms with Crippen molar-refractivity contribution in [3.8, 4) is 5.88 Å². The van der Waals surface area contributed by atoms with E-state index in [0.29, 0.717) is 48.2 Å². The van der Waals surface area contributed by atoms with Crippen LogP contribution >= 0.6 is 11.3 Å². The van der Waals surface area contributed by atoms with Crippen LogP contribution in [0.2, 0.25) is 0 Å². The van der Waals surface area contributed by atoms with Gasteiger partial charge in [-0.25, -0.2) is 9.37 Å². The number of likely N-dealkylation sites (tertiary alicyclic amines) is 1. The van der Waals surface area contributed by atoms with Gasteiger partial charge in [-0.05, 0) is 57.5 Å². The Hall–Kier alpha value is -2.52. The topological polar surface area (TPSA) is 80.0 Å². The lowest BCUT2D eigenvalue weighted by Crippen LogP contribution is -2.39. The standard InChI is InChI=1S/C20H23FN4O3S/c1-3-28-19(27)14-8-10-24(11-9-14)16(13-4-6-15(21)7-5-13)17-18(26)25-20(29-17)22-12(2)23-25/h4-7,14,16,26H,3,8-11H2,1-2H3/t16-/m0/s1. The number of halogens is 1. The summed E-state index contributed by atoms with van der Waals surface area (Å²) < 4.78 is 20.1. The minimum Gasteiger partial charge on any atom is -0.492 e. The predicted molar refractivity (Wildman–Crippen MR) is 106 cm³/mol. The summed E-state index contributed by atoms with van der Waals surface area (Å²) in [5.41, 5.74) is 0.873. The number of carbonyl (C=O) groups excluding carboxylic acids is 1. The molecule has 1 aliphatic heterocycles. The molecule has 0 amide bonds. The summed E-state index contributed by atoms with van der Waals surface area (Å²) in [6.07, 6.45) is 1.36. The zero-order valence-corrected chi connectivity index (χ0v) is 17.2. The molecule has 0 aliphatic carbocycles. The van der Waals surface area contributed by atoms with Crippen molar-refractivity contribution in [2.45, 2.75) is 32.7 Å². The summed E-state index contributed by atoms with van der Waals surface area (Å²) in [5, 5.41) is 15.1. The zero-order valence-electron chi connectivity index (χ0n) is 16.3. The van der Waals surface area contributed by atoms with Gasteiger partial charge in [0.2, 0.25) is 10.8 Å². The first-order valence-electron chi connectivity index (χ1n) is 9.69. The number of fused-ring (bicyclic) bond motifs is 1. The lowest BCUT2D eigenvalue weighted by molar-refractivity contribution is -0.149. The van der Waals surface area contributed by atoms with Gasteiger partial charge in [0.15, 0.2) is 0 Å². The second-order valence-corrected chi connectivity index (χ2v) is 8.17. The number of hydrogen-bond acceptors (Lipinski definition) is 7. The number of esters is 1. The van der Waals surface area contributed by atoms with Gasteiger partial charge in [-0.3, -0.25) is 9.69 Å². The highest BCUT2D eigenvalue weighted by molar-refractivity contribution is 7.17. The highest BCUT2D eigenvalue weighted by atomic mass is 32.1. The Morgan fingerprint density at radius 3 is 2.66 bits per heavy atom. The van der Waals surface area contributed by atoms with E-state index in [9.17, 15) is 14.3 Å². The molecular weight excluding hydrogens is 395 g/mol. The number of aryl methyl sites for hydroxylation is 1. The summed E-state index contributed by atoms with van der Waals surface area (Å²) >= 11 is 1.37. The fourth-order valence-corrected chi connectivity index (χ4v) is 5.02. The van der Waals surface area contributed by atoms with Gasteiger partial charge in [0.1, 0.15) is 11.6 Å². The predicted octanol–water partition coefficient (Wildman–Crippen LogP) is 3.31. The molecule has 0 spiro atoms. The molecule has 3 heterocycles. The maximum atomic E-state index is 13.5. The third-order valence-corrected chi connectivity index (χ3v) is 6.33. The number of thiazole rings is 1. The molecule has 154 valence electrons. The van der Waals surface area contributed by atoms with Crippen molar-refractivity contribution in [2.24, 2.45) is 5.92 Å². The summed E-state index contributed by atoms with van der Waals surface area (Å²) in [5.74, 6) is 0.0661. The van der Waals surface area contributed by atoms with Crippen molar-refractivity contribution in [2.75, 3.05) is 19.7 Å². The third kappa shape index (κ3) is 3.84. The van der Waals surface area contributed by atoms with Crippen LogP contribution in [-0.4, -0.2) is 50.3 Å². The van der Waals surface area contributed by atoms with Crippen LogP contribution in [0.25, 0.3) is 4.96 Å². The third-order valence-electron chi connectivity index (χ3n) is 5.25. The van der Waals surface area contributed by atoms with E-state index in [1.165, 1.54) is 28.0 Å². The summed E-state index contributed by atoms with van der Waals surface area (Å²) in [4.78, 5) is 20.0. The van der Waals surface area contributed by atoms with Gasteiger partial charge in [-0.2, -0.15) is 4.52 Å². The molecule has 0 unspecified atom stereocenters. The van der Waals surface area contributed by atoms with Crippen LogP contribution in [0.3, 0.4) is 0 Å². The molecule has 1 aliphatic rings. The van der Waals surface area contributed by atoms with Crippen LogP contribution in [-0.2, 0) is 9.53 Å². The van der Waals surface area contributed by atoms with E-state index in [-0.39, 0.29) is 29.6 Å². The van der Waals surface area contributed by atoms with E-state index in [2.05, 4.69) is 15.0 Å². The van der Waals surface area contributed by atoms with E-state index in [1.807, 2.05) is 6.92 Å². The van der Waals surface area contributed by atoms with Gasteiger partial charge in [0.05, 0.1) is 23.4 Å². The fourth-order valence-electron chi connectivity index (χ4n) is 3.85. The number of ether oxygens (including phenoxy) is 1. The molecule has 0 radical (unpaired) electrons. The molecule has 0 bridgehead atoms. The lowest BCUT2D eigenvalue weighted by atomic mass is 9.93. The van der Waals surface area contributed by atoms with E-state index in [0.717, 1.165) is 5.56 Å². The Bertz CT molecular complexity index is 1010. The molecule has 1 saturated heterocycles. The summed E-state index contributed by atoms with van der Waals surface area (Å²) in [7, 11) is 0. The van der Waals surface area contributed by atoms with Gasteiger partial charge in [-0.1, -0.05) is 23.5 Å². The maximum Gasteiger partial charge on any atom is 0.309 e. The lowest BCUT2D eigenvalue weighted by Gasteiger charge is -2.36. The first-order chi connectivity index (χ1) is 14.0. The first kappa shape index (κ1) is 19.8. The smallest absolute Gasteiger partial charge is 0.309 e. The second kappa shape index (κ2) is 8.08. The van der Waals surface area contributed by atoms with Crippen molar-refractivity contribution >= 4 is 22.3 Å². The molecule has 2 aromatic heterocycles. The molecule has 1 N–H and O–H groups in total. The first-order valence-corrected chi connectivity index (χ1v) is 10.5. The van der Waals surface area contributed by atoms with E-state index in [1.54, 1.807) is 19.1 Å². The van der Waals surface area contributed by atoms with Gasteiger partial charge in [0.25, 0.3) is 0 Å². The monoisotopic (exact) mass is 418 g/mol. The Balaban J connectivity index is 1.66. The zero-order chi connectivity index (χ0) is 20.5. The Kier molecular flexibility index (Phi) is 5.51. The van der Waals surface area contributed by atoms with Crippen molar-refractivity contribution in [1.29, 1.82) is 0 Å². The summed E-state index contributed by atoms with van der Waals surface area (Å²) in [6.45, 7) is 5.29. The Labute approximate surface area is 171 Å². The second-order valence-electron chi connectivity index (χ2n) is 7.16. The van der Waals surface area contributed by atoms with Crippen LogP contribution in [0.5, 0.6) is 5.88 Å². The fraction of sp³-hybridized carbons (Fsp3) is 0.450. The minimum absolute atomic E-state index is 0.0486. The number of aromatic nitrogens is 3. The van der Waals surface area contributed by atoms with E-state index in [4.69, 9.17) is 4.74 Å². The average molecular weight is 418 g/mol. The van der Waals surface area contributed by atoms with Crippen molar-refractivity contribution in [3.63, 3.8) is 0 Å². The molecule has 7 nitrogen and oxygen atoms in total. The number of aromatic hydroxyl groups is 1. The van der Waals surface area contributed by atoms with Crippen LogP contribution in [0.15, 0.2) is 24.3 Å². The summed E-state index contributed by atoms with van der Waals surface area (Å²) in [6, 6.07) is 6.04. The number of piperidine rings is 1. The highest BCUT2D eigenvalue weighted by Crippen LogP contribution is 2.41. The van der Waals surface area contributed by atoms with Gasteiger partial charge < -0.3 is 9.84 Å². The van der Waals surface area contributed by atoms with Crippen LogP contribution < -0.4 is 0 Å². The Morgan fingerprint density at radius 1 is 1.34 bits per heavy atom. The van der Waals surface area contributed by atoms with Gasteiger partial charge in [0, 0.05) is 0 Å². The molecule has 9 heteroatoms. The van der Waals surface area contributed by atoms with Crippen molar-refractivity contribution in [3.05, 3.63) is 46.3 Å². The average Bonchev–Trinajstić information content (AvgIpc) is 3.22. The molecule has 1 fully saturated rings. The van der Waals surface area contributed by atoms with E-state index >= 15 is 0 Å². The maximum absolute atomic E-state index is 13.5. The molecule has 0 saturated carbocycles. The van der Waals surface area contributed by atoms with Crippen molar-refractivity contribution < 1.29 is 19.0 Å². The molecular formula is C20H23FN4O3S. The molecule has 4 rings (SSSR count). The normalized spacial score (nSPS) is 16.9. The van der Waals surface area contributed by atoms with Gasteiger partial charge in [-0.15, -0.1) is 5.10 Å². The molecule has 3 aromatic rings. The Morgan fingerprint density at radius 2 is 2.03 bits per heavy atom. The highest BCUT2D eigenvalue weighted by Gasteiger charge is 2.34. The SMILES string of the molecule is CCOC(=O)C1CCN([C@@H](c2ccc(F)cc2)c2sc3nc(C)nn3c2O)CC1. The van der Waals surface area contributed by atoms with Gasteiger partial charge >= 0.3 is 5.97 Å². The van der Waals surface area contributed by atoms with Crippen molar-refractivity contribution in [1.82, 2.24) is 19.5 Å². The van der Waals surface area contributed by atoms with Crippen LogP contribution in [0.4, 0.5) is 4.39 Å².